The van der Waals surface area contributed by atoms with Gasteiger partial charge in [-0.25, -0.2) is 9.97 Å². The van der Waals surface area contributed by atoms with Crippen LogP contribution < -0.4 is 15.1 Å². The van der Waals surface area contributed by atoms with E-state index in [1.807, 2.05) is 19.2 Å². The fraction of sp³-hybridized carbons (Fsp3) is 0.312. The third-order valence-electron chi connectivity index (χ3n) is 3.82. The number of nitrogens with one attached hydrogen (secondary N) is 1. The van der Waals surface area contributed by atoms with Crippen molar-refractivity contribution in [2.45, 2.75) is 6.54 Å². The fourth-order valence-electron chi connectivity index (χ4n) is 2.67. The van der Waals surface area contributed by atoms with Gasteiger partial charge in [-0.15, -0.1) is 0 Å². The minimum absolute atomic E-state index is 0.00551. The molecule has 1 aromatic carbocycles. The van der Waals surface area contributed by atoms with Crippen LogP contribution in [0.2, 0.25) is 5.02 Å². The summed E-state index contributed by atoms with van der Waals surface area (Å²) in [5.74, 6) is 1.29. The normalized spacial score (nSPS) is 14.4. The first kappa shape index (κ1) is 16.5. The highest BCUT2D eigenvalue weighted by Crippen LogP contribution is 2.30. The van der Waals surface area contributed by atoms with Crippen LogP contribution in [-0.4, -0.2) is 47.7 Å². The first-order valence-electron chi connectivity index (χ1n) is 7.56. The molecule has 0 bridgehead atoms. The number of anilines is 3. The quantitative estimate of drug-likeness (QED) is 0.872. The van der Waals surface area contributed by atoms with E-state index in [0.29, 0.717) is 29.7 Å². The standard InChI is InChI=1S/C16H18ClN5O2/c1-21-9-14(24)22(12-4-2-11(17)3-5-12)8-13-15(18-6-7-23)19-10-20-16(13)21/h2-5,10,23H,6-9H2,1H3,(H,18,19,20). The third kappa shape index (κ3) is 3.27. The van der Waals surface area contributed by atoms with Gasteiger partial charge in [-0.05, 0) is 24.3 Å². The highest BCUT2D eigenvalue weighted by molar-refractivity contribution is 6.30. The van der Waals surface area contributed by atoms with Crippen molar-refractivity contribution in [3.05, 3.63) is 41.2 Å². The van der Waals surface area contributed by atoms with Gasteiger partial charge in [0.05, 0.1) is 25.3 Å². The number of hydrogen-bond donors (Lipinski definition) is 2. The van der Waals surface area contributed by atoms with Crippen molar-refractivity contribution in [3.8, 4) is 0 Å². The van der Waals surface area contributed by atoms with Gasteiger partial charge in [-0.2, -0.15) is 0 Å². The monoisotopic (exact) mass is 347 g/mol. The number of halogens is 1. The molecule has 1 aliphatic heterocycles. The van der Waals surface area contributed by atoms with Gasteiger partial charge in [0.1, 0.15) is 18.0 Å². The van der Waals surface area contributed by atoms with Crippen molar-refractivity contribution in [3.63, 3.8) is 0 Å². The molecule has 7 nitrogen and oxygen atoms in total. The number of aromatic nitrogens is 2. The van der Waals surface area contributed by atoms with E-state index >= 15 is 0 Å². The third-order valence-corrected chi connectivity index (χ3v) is 4.07. The number of hydrogen-bond acceptors (Lipinski definition) is 6. The molecule has 0 spiro atoms. The summed E-state index contributed by atoms with van der Waals surface area (Å²) in [6.45, 7) is 0.928. The van der Waals surface area contributed by atoms with Crippen molar-refractivity contribution < 1.29 is 9.90 Å². The summed E-state index contributed by atoms with van der Waals surface area (Å²) in [5, 5.41) is 12.7. The molecule has 0 saturated heterocycles. The van der Waals surface area contributed by atoms with E-state index in [4.69, 9.17) is 16.7 Å². The smallest absolute Gasteiger partial charge is 0.246 e. The second kappa shape index (κ2) is 7.02. The fourth-order valence-corrected chi connectivity index (χ4v) is 2.80. The highest BCUT2D eigenvalue weighted by Gasteiger charge is 2.27. The predicted molar refractivity (Wildman–Crippen MR) is 93.5 cm³/mol. The Morgan fingerprint density at radius 1 is 1.25 bits per heavy atom. The van der Waals surface area contributed by atoms with Crippen LogP contribution in [0.5, 0.6) is 0 Å². The molecule has 0 atom stereocenters. The molecule has 0 saturated carbocycles. The van der Waals surface area contributed by atoms with Crippen LogP contribution in [0.3, 0.4) is 0 Å². The number of aliphatic hydroxyl groups is 1. The van der Waals surface area contributed by atoms with Crippen LogP contribution in [0.25, 0.3) is 0 Å². The van der Waals surface area contributed by atoms with E-state index in [1.165, 1.54) is 6.33 Å². The summed E-state index contributed by atoms with van der Waals surface area (Å²) in [5.41, 5.74) is 1.58. The topological polar surface area (TPSA) is 81.6 Å². The molecule has 0 fully saturated rings. The molecule has 0 aliphatic carbocycles. The van der Waals surface area contributed by atoms with Gasteiger partial charge >= 0.3 is 0 Å². The lowest BCUT2D eigenvalue weighted by molar-refractivity contribution is -0.117. The molecule has 126 valence electrons. The highest BCUT2D eigenvalue weighted by atomic mass is 35.5. The number of benzene rings is 1. The predicted octanol–water partition coefficient (Wildman–Crippen LogP) is 1.52. The van der Waals surface area contributed by atoms with Crippen LogP contribution >= 0.6 is 11.6 Å². The Labute approximate surface area is 144 Å². The van der Waals surface area contributed by atoms with E-state index in [1.54, 1.807) is 21.9 Å². The minimum Gasteiger partial charge on any atom is -0.395 e. The largest absolute Gasteiger partial charge is 0.395 e. The van der Waals surface area contributed by atoms with Gasteiger partial charge in [0.15, 0.2) is 0 Å². The zero-order valence-corrected chi connectivity index (χ0v) is 14.0. The molecule has 2 heterocycles. The number of fused-ring (bicyclic) bond motifs is 1. The Morgan fingerprint density at radius 3 is 2.71 bits per heavy atom. The Kier molecular flexibility index (Phi) is 4.82. The summed E-state index contributed by atoms with van der Waals surface area (Å²) >= 11 is 5.94. The van der Waals surface area contributed by atoms with Crippen molar-refractivity contribution in [2.24, 2.45) is 0 Å². The first-order chi connectivity index (χ1) is 11.6. The number of rotatable bonds is 4. The Morgan fingerprint density at radius 2 is 2.00 bits per heavy atom. The van der Waals surface area contributed by atoms with Crippen LogP contribution in [0, 0.1) is 0 Å². The van der Waals surface area contributed by atoms with Gasteiger partial charge in [0.2, 0.25) is 5.91 Å². The zero-order chi connectivity index (χ0) is 17.1. The van der Waals surface area contributed by atoms with Crippen LogP contribution in [-0.2, 0) is 11.3 Å². The van der Waals surface area contributed by atoms with Crippen molar-refractivity contribution in [2.75, 3.05) is 41.9 Å². The van der Waals surface area contributed by atoms with Crippen LogP contribution in [0.4, 0.5) is 17.3 Å². The maximum Gasteiger partial charge on any atom is 0.246 e. The molecule has 0 radical (unpaired) electrons. The van der Waals surface area contributed by atoms with Crippen molar-refractivity contribution >= 4 is 34.8 Å². The Bertz CT molecular complexity index is 738. The molecule has 1 aliphatic rings. The maximum atomic E-state index is 12.6. The second-order valence-corrected chi connectivity index (χ2v) is 5.92. The van der Waals surface area contributed by atoms with Crippen LogP contribution in [0.1, 0.15) is 5.56 Å². The van der Waals surface area contributed by atoms with Gasteiger partial charge in [0.25, 0.3) is 0 Å². The van der Waals surface area contributed by atoms with Gasteiger partial charge in [0, 0.05) is 24.3 Å². The molecule has 2 N–H and O–H groups in total. The minimum atomic E-state index is -0.0362. The summed E-state index contributed by atoms with van der Waals surface area (Å²) in [7, 11) is 1.82. The Balaban J connectivity index is 2.01. The molecular formula is C16H18ClN5O2. The molecule has 1 aromatic heterocycles. The number of carbonyl (C=O) groups is 1. The number of nitrogens with zero attached hydrogens (tertiary/aromatic N) is 4. The maximum absolute atomic E-state index is 12.6. The van der Waals surface area contributed by atoms with E-state index in [-0.39, 0.29) is 19.1 Å². The Hall–Kier alpha value is -2.38. The molecule has 0 unspecified atom stereocenters. The van der Waals surface area contributed by atoms with E-state index in [0.717, 1.165) is 11.3 Å². The van der Waals surface area contributed by atoms with Gasteiger partial charge in [-0.1, -0.05) is 11.6 Å². The molecular weight excluding hydrogens is 330 g/mol. The van der Waals surface area contributed by atoms with Gasteiger partial charge in [-0.3, -0.25) is 4.79 Å². The number of carbonyl (C=O) groups excluding carboxylic acids is 1. The van der Waals surface area contributed by atoms with Gasteiger partial charge < -0.3 is 20.2 Å². The van der Waals surface area contributed by atoms with E-state index in [2.05, 4.69) is 15.3 Å². The summed E-state index contributed by atoms with van der Waals surface area (Å²) in [6, 6.07) is 7.14. The molecule has 2 aromatic rings. The zero-order valence-electron chi connectivity index (χ0n) is 13.2. The lowest BCUT2D eigenvalue weighted by Crippen LogP contribution is -2.35. The lowest BCUT2D eigenvalue weighted by atomic mass is 10.2. The number of likely N-dealkylation sites (N-methyl/N-ethyl adjacent to an activating group) is 1. The van der Waals surface area contributed by atoms with Crippen molar-refractivity contribution in [1.82, 2.24) is 9.97 Å². The molecule has 1 amide bonds. The summed E-state index contributed by atoms with van der Waals surface area (Å²) in [4.78, 5) is 24.7. The summed E-state index contributed by atoms with van der Waals surface area (Å²) in [6.07, 6.45) is 1.46. The average molecular weight is 348 g/mol. The number of amides is 1. The van der Waals surface area contributed by atoms with Crippen LogP contribution in [0.15, 0.2) is 30.6 Å². The molecule has 3 rings (SSSR count). The average Bonchev–Trinajstić information content (AvgIpc) is 2.71. The van der Waals surface area contributed by atoms with Crippen molar-refractivity contribution in [1.29, 1.82) is 0 Å². The lowest BCUT2D eigenvalue weighted by Gasteiger charge is -2.21. The van der Waals surface area contributed by atoms with E-state index < -0.39 is 0 Å². The molecule has 24 heavy (non-hydrogen) atoms. The second-order valence-electron chi connectivity index (χ2n) is 5.49. The first-order valence-corrected chi connectivity index (χ1v) is 7.93. The summed E-state index contributed by atoms with van der Waals surface area (Å²) < 4.78 is 0. The number of aliphatic hydroxyl groups excluding tert-OH is 1. The van der Waals surface area contributed by atoms with E-state index in [9.17, 15) is 4.79 Å². The molecule has 8 heteroatoms. The SMILES string of the molecule is CN1CC(=O)N(c2ccc(Cl)cc2)Cc2c(NCCO)ncnc21.